The highest BCUT2D eigenvalue weighted by Crippen LogP contribution is 2.32. The van der Waals surface area contributed by atoms with Crippen LogP contribution < -0.4 is 14.8 Å². The van der Waals surface area contributed by atoms with E-state index in [1.165, 1.54) is 4.90 Å². The minimum absolute atomic E-state index is 0.150. The highest BCUT2D eigenvalue weighted by Gasteiger charge is 2.34. The van der Waals surface area contributed by atoms with Crippen LogP contribution in [0.15, 0.2) is 48.7 Å². The van der Waals surface area contributed by atoms with Crippen molar-refractivity contribution in [2.24, 2.45) is 0 Å². The van der Waals surface area contributed by atoms with Crippen LogP contribution >= 0.6 is 0 Å². The summed E-state index contributed by atoms with van der Waals surface area (Å²) in [4.78, 5) is 31.7. The fourth-order valence-electron chi connectivity index (χ4n) is 3.87. The number of ether oxygens (including phenoxy) is 2. The van der Waals surface area contributed by atoms with Crippen molar-refractivity contribution in [3.63, 3.8) is 0 Å². The molecular weight excluding hydrogens is 430 g/mol. The largest absolute Gasteiger partial charge is 0.493 e. The van der Waals surface area contributed by atoms with Gasteiger partial charge < -0.3 is 24.7 Å². The van der Waals surface area contributed by atoms with Crippen molar-refractivity contribution in [1.29, 1.82) is 0 Å². The topological polar surface area (TPSA) is 83.7 Å². The van der Waals surface area contributed by atoms with Crippen LogP contribution in [-0.2, 0) is 16.1 Å². The number of carbonyl (C=O) groups excluding carboxylic acids is 2. The minimum Gasteiger partial charge on any atom is -0.493 e. The maximum Gasteiger partial charge on any atom is 0.299 e. The molecule has 2 N–H and O–H groups in total. The summed E-state index contributed by atoms with van der Waals surface area (Å²) < 4.78 is 10.8. The van der Waals surface area contributed by atoms with E-state index in [9.17, 15) is 9.59 Å². The third-order valence-electron chi connectivity index (χ3n) is 5.28. The fourth-order valence-corrected chi connectivity index (χ4v) is 3.87. The molecule has 1 atom stereocenters. The summed E-state index contributed by atoms with van der Waals surface area (Å²) in [7, 11) is 3.12. The highest BCUT2D eigenvalue weighted by molar-refractivity contribution is 5.99. The van der Waals surface area contributed by atoms with Crippen molar-refractivity contribution in [3.8, 4) is 23.3 Å². The lowest BCUT2D eigenvalue weighted by atomic mass is 9.97. The first-order valence-electron chi connectivity index (χ1n) is 11.0. The van der Waals surface area contributed by atoms with Crippen molar-refractivity contribution in [1.82, 2.24) is 15.2 Å². The highest BCUT2D eigenvalue weighted by atomic mass is 16.5. The molecule has 1 aromatic heterocycles. The van der Waals surface area contributed by atoms with Crippen LogP contribution in [-0.4, -0.2) is 41.5 Å². The molecule has 34 heavy (non-hydrogen) atoms. The van der Waals surface area contributed by atoms with Crippen LogP contribution in [0.1, 0.15) is 44.9 Å². The Morgan fingerprint density at radius 3 is 2.47 bits per heavy atom. The number of carbonyl (C=O) groups is 2. The molecule has 3 rings (SSSR count). The Bertz CT molecular complexity index is 1240. The van der Waals surface area contributed by atoms with Crippen molar-refractivity contribution in [2.45, 2.75) is 45.8 Å². The molecular formula is C27H31N3O4. The molecule has 0 radical (unpaired) electrons. The van der Waals surface area contributed by atoms with Gasteiger partial charge in [-0.05, 0) is 69.0 Å². The van der Waals surface area contributed by atoms with Crippen LogP contribution in [0.25, 0.3) is 10.9 Å². The van der Waals surface area contributed by atoms with Crippen LogP contribution in [0.4, 0.5) is 0 Å². The number of benzene rings is 2. The minimum atomic E-state index is -0.903. The number of amides is 2. The van der Waals surface area contributed by atoms with E-state index in [2.05, 4.69) is 22.1 Å². The van der Waals surface area contributed by atoms with E-state index >= 15 is 0 Å². The molecule has 0 saturated heterocycles. The van der Waals surface area contributed by atoms with Gasteiger partial charge in [-0.2, -0.15) is 0 Å². The first-order valence-corrected chi connectivity index (χ1v) is 11.0. The number of H-pyrrole nitrogens is 1. The van der Waals surface area contributed by atoms with Gasteiger partial charge in [-0.1, -0.05) is 24.1 Å². The van der Waals surface area contributed by atoms with E-state index in [1.54, 1.807) is 33.3 Å². The van der Waals surface area contributed by atoms with E-state index in [-0.39, 0.29) is 12.5 Å². The fraction of sp³-hybridized carbons (Fsp3) is 0.333. The van der Waals surface area contributed by atoms with Crippen LogP contribution in [0.5, 0.6) is 11.5 Å². The van der Waals surface area contributed by atoms with Crippen LogP contribution in [0, 0.1) is 11.8 Å². The first-order chi connectivity index (χ1) is 16.2. The zero-order chi connectivity index (χ0) is 24.9. The molecule has 0 aliphatic carbocycles. The van der Waals surface area contributed by atoms with Gasteiger partial charge >= 0.3 is 0 Å². The smallest absolute Gasteiger partial charge is 0.299 e. The summed E-state index contributed by atoms with van der Waals surface area (Å²) in [6.07, 6.45) is 1.82. The van der Waals surface area contributed by atoms with Gasteiger partial charge in [0, 0.05) is 29.2 Å². The summed E-state index contributed by atoms with van der Waals surface area (Å²) in [5, 5.41) is 3.91. The van der Waals surface area contributed by atoms with E-state index in [4.69, 9.17) is 9.47 Å². The van der Waals surface area contributed by atoms with Crippen LogP contribution in [0.2, 0.25) is 0 Å². The van der Waals surface area contributed by atoms with Gasteiger partial charge in [-0.25, -0.2) is 0 Å². The molecule has 0 fully saturated rings. The Hall–Kier alpha value is -3.92. The van der Waals surface area contributed by atoms with E-state index in [0.29, 0.717) is 17.1 Å². The van der Waals surface area contributed by atoms with Gasteiger partial charge in [-0.15, -0.1) is 0 Å². The van der Waals surface area contributed by atoms with Gasteiger partial charge in [0.15, 0.2) is 11.5 Å². The molecule has 2 aromatic carbocycles. The number of aromatic amines is 1. The molecule has 0 bridgehead atoms. The maximum atomic E-state index is 13.7. The van der Waals surface area contributed by atoms with Gasteiger partial charge in [-0.3, -0.25) is 9.59 Å². The number of nitrogens with zero attached hydrogens (tertiary/aromatic N) is 1. The molecule has 0 spiro atoms. The van der Waals surface area contributed by atoms with E-state index < -0.39 is 17.5 Å². The average Bonchev–Trinajstić information content (AvgIpc) is 3.27. The molecule has 7 nitrogen and oxygen atoms in total. The number of hydrogen-bond donors (Lipinski definition) is 2. The second kappa shape index (κ2) is 10.3. The molecule has 178 valence electrons. The quantitative estimate of drug-likeness (QED) is 0.517. The van der Waals surface area contributed by atoms with E-state index in [1.807, 2.05) is 57.3 Å². The van der Waals surface area contributed by atoms with Gasteiger partial charge in [0.25, 0.3) is 5.91 Å². The Morgan fingerprint density at radius 2 is 1.82 bits per heavy atom. The number of aromatic nitrogens is 1. The second-order valence-corrected chi connectivity index (χ2v) is 8.93. The number of methoxy groups -OCH3 is 2. The SMILES string of the molecule is CC#CC(=O)N(Cc1ccc(OC)c(OC)c1)C(C(=O)NC(C)(C)C)c1cccc2[nH]ccc12. The predicted octanol–water partition coefficient (Wildman–Crippen LogP) is 4.19. The monoisotopic (exact) mass is 461 g/mol. The third kappa shape index (κ3) is 5.52. The molecule has 0 aliphatic rings. The van der Waals surface area contributed by atoms with Crippen molar-refractivity contribution < 1.29 is 19.1 Å². The van der Waals surface area contributed by atoms with Crippen LogP contribution in [0.3, 0.4) is 0 Å². The maximum absolute atomic E-state index is 13.7. The average molecular weight is 462 g/mol. The Labute approximate surface area is 200 Å². The zero-order valence-electron chi connectivity index (χ0n) is 20.5. The number of hydrogen-bond acceptors (Lipinski definition) is 4. The second-order valence-electron chi connectivity index (χ2n) is 8.93. The Balaban J connectivity index is 2.16. The number of fused-ring (bicyclic) bond motifs is 1. The normalized spacial score (nSPS) is 11.8. The molecule has 1 unspecified atom stereocenters. The standard InChI is InChI=1S/C27H31N3O4/c1-7-9-24(31)30(17-18-12-13-22(33-5)23(16-18)34-6)25(26(32)29-27(2,3)4)20-10-8-11-21-19(20)14-15-28-21/h8,10-16,25,28H,17H2,1-6H3,(H,29,32). The van der Waals surface area contributed by atoms with Gasteiger partial charge in [0.2, 0.25) is 5.91 Å². The number of nitrogens with one attached hydrogen (secondary N) is 2. The van der Waals surface area contributed by atoms with Crippen molar-refractivity contribution in [3.05, 3.63) is 59.8 Å². The van der Waals surface area contributed by atoms with E-state index in [0.717, 1.165) is 16.5 Å². The Morgan fingerprint density at radius 1 is 1.09 bits per heavy atom. The molecule has 7 heteroatoms. The molecule has 1 heterocycles. The third-order valence-corrected chi connectivity index (χ3v) is 5.28. The lowest BCUT2D eigenvalue weighted by Crippen LogP contribution is -2.49. The summed E-state index contributed by atoms with van der Waals surface area (Å²) in [6, 6.07) is 12.1. The molecule has 2 amide bonds. The molecule has 0 saturated carbocycles. The van der Waals surface area contributed by atoms with Crippen molar-refractivity contribution >= 4 is 22.7 Å². The predicted molar refractivity (Wildman–Crippen MR) is 132 cm³/mol. The Kier molecular flexibility index (Phi) is 7.52. The summed E-state index contributed by atoms with van der Waals surface area (Å²) in [6.45, 7) is 7.47. The zero-order valence-corrected chi connectivity index (χ0v) is 20.5. The molecule has 3 aromatic rings. The van der Waals surface area contributed by atoms with Gasteiger partial charge in [0.1, 0.15) is 6.04 Å². The summed E-state index contributed by atoms with van der Waals surface area (Å²) in [5.41, 5.74) is 1.88. The molecule has 0 aliphatic heterocycles. The number of rotatable bonds is 7. The lowest BCUT2D eigenvalue weighted by Gasteiger charge is -2.33. The van der Waals surface area contributed by atoms with Gasteiger partial charge in [0.05, 0.1) is 14.2 Å². The first kappa shape index (κ1) is 24.7. The summed E-state index contributed by atoms with van der Waals surface area (Å²) >= 11 is 0. The van der Waals surface area contributed by atoms with Crippen molar-refractivity contribution in [2.75, 3.05) is 14.2 Å². The summed E-state index contributed by atoms with van der Waals surface area (Å²) in [5.74, 6) is 5.69. The lowest BCUT2D eigenvalue weighted by molar-refractivity contribution is -0.138.